The highest BCUT2D eigenvalue weighted by Crippen LogP contribution is 2.45. The Kier molecular flexibility index (Phi) is 11.4. The van der Waals surface area contributed by atoms with Gasteiger partial charge in [0.2, 0.25) is 0 Å². The van der Waals surface area contributed by atoms with E-state index in [9.17, 15) is 49.1 Å². The molecular weight excluding hydrogens is 723 g/mol. The monoisotopic (exact) mass is 754 g/mol. The molecule has 1 aromatic heterocycles. The van der Waals surface area contributed by atoms with E-state index in [1.54, 1.807) is 37.3 Å². The van der Waals surface area contributed by atoms with Gasteiger partial charge in [0.05, 0.1) is 34.5 Å². The number of alkyl halides is 9. The molecule has 2 atom stereocenters. The Morgan fingerprint density at radius 2 is 1.49 bits per heavy atom. The third kappa shape index (κ3) is 8.89. The molecule has 0 radical (unpaired) electrons. The van der Waals surface area contributed by atoms with Crippen molar-refractivity contribution < 1.29 is 58.6 Å². The first-order valence-corrected chi connectivity index (χ1v) is 16.2. The van der Waals surface area contributed by atoms with Crippen molar-refractivity contribution in [2.75, 3.05) is 11.5 Å². The summed E-state index contributed by atoms with van der Waals surface area (Å²) in [6, 6.07) is 9.80. The fourth-order valence-corrected chi connectivity index (χ4v) is 6.01. The second-order valence-corrected chi connectivity index (χ2v) is 12.0. The number of amides is 1. The van der Waals surface area contributed by atoms with E-state index in [0.29, 0.717) is 11.6 Å². The molecule has 1 aliphatic heterocycles. The van der Waals surface area contributed by atoms with Gasteiger partial charge >= 0.3 is 30.6 Å². The number of aromatic nitrogens is 2. The van der Waals surface area contributed by atoms with Crippen LogP contribution >= 0.6 is 0 Å². The van der Waals surface area contributed by atoms with Gasteiger partial charge in [0, 0.05) is 36.6 Å². The van der Waals surface area contributed by atoms with Gasteiger partial charge in [0.25, 0.3) is 0 Å². The molecule has 0 unspecified atom stereocenters. The molecule has 2 heterocycles. The third-order valence-corrected chi connectivity index (χ3v) is 8.51. The van der Waals surface area contributed by atoms with Crippen molar-refractivity contribution in [3.05, 3.63) is 112 Å². The largest absolute Gasteiger partial charge is 0.457 e. The minimum Gasteiger partial charge on any atom is -0.457 e. The highest BCUT2D eigenvalue weighted by Gasteiger charge is 2.42. The highest BCUT2D eigenvalue weighted by atomic mass is 19.4. The fourth-order valence-electron chi connectivity index (χ4n) is 6.01. The number of benzene rings is 3. The molecule has 8 nitrogen and oxygen atoms in total. The van der Waals surface area contributed by atoms with E-state index in [-0.39, 0.29) is 48.9 Å². The summed E-state index contributed by atoms with van der Waals surface area (Å²) < 4.78 is 137. The summed E-state index contributed by atoms with van der Waals surface area (Å²) in [4.78, 5) is 34.5. The topological polar surface area (TPSA) is 93.7 Å². The van der Waals surface area contributed by atoms with Gasteiger partial charge in [0.1, 0.15) is 6.61 Å². The minimum atomic E-state index is -5.35. The first kappa shape index (κ1) is 39.0. The number of hydrogen-bond acceptors (Lipinski definition) is 7. The van der Waals surface area contributed by atoms with Crippen LogP contribution in [0.5, 0.6) is 0 Å². The van der Waals surface area contributed by atoms with E-state index in [1.807, 2.05) is 0 Å². The minimum absolute atomic E-state index is 0.0327. The second kappa shape index (κ2) is 15.4. The molecule has 0 aliphatic carbocycles. The maximum atomic E-state index is 14.5. The van der Waals surface area contributed by atoms with Crippen LogP contribution in [0, 0.1) is 0 Å². The van der Waals surface area contributed by atoms with Gasteiger partial charge in [-0.1, -0.05) is 37.3 Å². The van der Waals surface area contributed by atoms with Gasteiger partial charge in [0.15, 0.2) is 5.82 Å². The van der Waals surface area contributed by atoms with Crippen molar-refractivity contribution in [1.29, 1.82) is 0 Å². The lowest BCUT2D eigenvalue weighted by atomic mass is 9.88. The number of fused-ring (bicyclic) bond motifs is 1. The van der Waals surface area contributed by atoms with Gasteiger partial charge in [-0.2, -0.15) is 39.5 Å². The number of ether oxygens (including phenoxy) is 2. The number of anilines is 1. The summed E-state index contributed by atoms with van der Waals surface area (Å²) in [7, 11) is 0. The Morgan fingerprint density at radius 3 is 2.08 bits per heavy atom. The normalized spacial score (nSPS) is 16.2. The molecule has 5 rings (SSSR count). The van der Waals surface area contributed by atoms with Crippen LogP contribution in [0.3, 0.4) is 0 Å². The Balaban J connectivity index is 1.56. The van der Waals surface area contributed by atoms with Gasteiger partial charge in [-0.25, -0.2) is 19.6 Å². The predicted octanol–water partition coefficient (Wildman–Crippen LogP) is 9.53. The molecule has 1 amide bonds. The SMILES string of the molecule is CCOC(=O)N1c2ccc(C(F)(F)F)cc2[C@@H](NCc2cc(C(F)(F)F)cc(C(F)(F)F)c2-c2ncc(C(=O)OCc3ccccc3)cn2)C[C@H]1CC. The number of hydrogen-bond donors (Lipinski definition) is 1. The number of carbonyl (C=O) groups is 2. The summed E-state index contributed by atoms with van der Waals surface area (Å²) in [6.07, 6.45) is -14.3. The van der Waals surface area contributed by atoms with Crippen LogP contribution in [0.2, 0.25) is 0 Å². The summed E-state index contributed by atoms with van der Waals surface area (Å²) in [5, 5.41) is 2.85. The van der Waals surface area contributed by atoms with Crippen molar-refractivity contribution in [2.24, 2.45) is 0 Å². The van der Waals surface area contributed by atoms with Crippen molar-refractivity contribution in [3.8, 4) is 11.4 Å². The van der Waals surface area contributed by atoms with E-state index in [4.69, 9.17) is 9.47 Å². The van der Waals surface area contributed by atoms with Crippen molar-refractivity contribution in [2.45, 2.75) is 70.5 Å². The van der Waals surface area contributed by atoms with Crippen LogP contribution in [0.1, 0.15) is 76.5 Å². The molecule has 1 aliphatic rings. The van der Waals surface area contributed by atoms with Crippen molar-refractivity contribution in [1.82, 2.24) is 15.3 Å². The smallest absolute Gasteiger partial charge is 0.417 e. The van der Waals surface area contributed by atoms with E-state index in [2.05, 4.69) is 15.3 Å². The number of nitrogens with one attached hydrogen (secondary N) is 1. The summed E-state index contributed by atoms with van der Waals surface area (Å²) in [5.41, 5.74) is -5.53. The first-order chi connectivity index (χ1) is 24.9. The van der Waals surface area contributed by atoms with E-state index < -0.39 is 82.9 Å². The number of esters is 1. The second-order valence-electron chi connectivity index (χ2n) is 12.0. The van der Waals surface area contributed by atoms with Crippen LogP contribution in [0.15, 0.2) is 73.1 Å². The lowest BCUT2D eigenvalue weighted by molar-refractivity contribution is -0.143. The molecule has 0 saturated carbocycles. The Bertz CT molecular complexity index is 1930. The molecule has 3 aromatic carbocycles. The van der Waals surface area contributed by atoms with E-state index in [1.165, 1.54) is 11.8 Å². The van der Waals surface area contributed by atoms with E-state index >= 15 is 0 Å². The average Bonchev–Trinajstić information content (AvgIpc) is 3.11. The van der Waals surface area contributed by atoms with Gasteiger partial charge in [-0.15, -0.1) is 0 Å². The van der Waals surface area contributed by atoms with Gasteiger partial charge in [-0.05, 0) is 66.8 Å². The third-order valence-electron chi connectivity index (χ3n) is 8.51. The zero-order valence-electron chi connectivity index (χ0n) is 28.0. The van der Waals surface area contributed by atoms with Crippen molar-refractivity contribution in [3.63, 3.8) is 0 Å². The fraction of sp³-hybridized carbons (Fsp3) is 0.333. The predicted molar refractivity (Wildman–Crippen MR) is 172 cm³/mol. The zero-order chi connectivity index (χ0) is 38.7. The summed E-state index contributed by atoms with van der Waals surface area (Å²) in [6.45, 7) is 2.32. The number of carbonyl (C=O) groups excluding carboxylic acids is 2. The number of halogens is 9. The average molecular weight is 755 g/mol. The highest BCUT2D eigenvalue weighted by molar-refractivity contribution is 5.90. The molecule has 282 valence electrons. The molecule has 4 aromatic rings. The Hall–Kier alpha value is -5.19. The number of nitrogens with zero attached hydrogens (tertiary/aromatic N) is 3. The quantitative estimate of drug-likeness (QED) is 0.134. The molecule has 0 bridgehead atoms. The van der Waals surface area contributed by atoms with Crippen LogP contribution in [-0.4, -0.2) is 34.7 Å². The van der Waals surface area contributed by atoms with Crippen LogP contribution < -0.4 is 10.2 Å². The lowest BCUT2D eigenvalue weighted by Crippen LogP contribution is -2.47. The van der Waals surface area contributed by atoms with Crippen LogP contribution in [0.4, 0.5) is 50.0 Å². The summed E-state index contributed by atoms with van der Waals surface area (Å²) >= 11 is 0. The maximum absolute atomic E-state index is 14.5. The molecule has 17 heteroatoms. The molecule has 1 N–H and O–H groups in total. The molecule has 0 fully saturated rings. The Morgan fingerprint density at radius 1 is 0.830 bits per heavy atom. The maximum Gasteiger partial charge on any atom is 0.417 e. The van der Waals surface area contributed by atoms with Gasteiger partial charge in [-0.3, -0.25) is 4.90 Å². The van der Waals surface area contributed by atoms with Crippen LogP contribution in [-0.2, 0) is 41.2 Å². The first-order valence-electron chi connectivity index (χ1n) is 16.2. The van der Waals surface area contributed by atoms with Crippen molar-refractivity contribution >= 4 is 17.7 Å². The lowest BCUT2D eigenvalue weighted by Gasteiger charge is -2.40. The molecular formula is C36H31F9N4O4. The molecule has 0 saturated heterocycles. The summed E-state index contributed by atoms with van der Waals surface area (Å²) in [5.74, 6) is -1.59. The number of rotatable bonds is 9. The zero-order valence-corrected chi connectivity index (χ0v) is 28.0. The Labute approximate surface area is 296 Å². The molecule has 53 heavy (non-hydrogen) atoms. The standard InChI is InChI=1S/C36H31F9N4O4/c1-3-25-15-28(26-13-23(34(37,38)39)10-11-29(26)49(25)33(51)52-4-2)46-16-21-12-24(35(40,41)42)14-27(36(43,44)45)30(21)31-47-17-22(18-48-31)32(50)53-19-20-8-6-5-7-9-20/h5-14,17-18,25,28,46H,3-4,15-16,19H2,1-2H3/t25-,28+/m1/s1. The molecule has 0 spiro atoms. The van der Waals surface area contributed by atoms with Crippen LogP contribution in [0.25, 0.3) is 11.4 Å². The van der Waals surface area contributed by atoms with E-state index in [0.717, 1.165) is 30.6 Å². The van der Waals surface area contributed by atoms with Gasteiger partial charge < -0.3 is 14.8 Å².